The van der Waals surface area contributed by atoms with Crippen LogP contribution in [0.5, 0.6) is 0 Å². The molecule has 0 fully saturated rings. The number of hydrogen-bond donors (Lipinski definition) is 2. The van der Waals surface area contributed by atoms with Crippen molar-refractivity contribution in [2.45, 2.75) is 18.4 Å². The largest absolute Gasteiger partial charge is 0.368 e. The highest BCUT2D eigenvalue weighted by atomic mass is 35.5. The first-order valence-corrected chi connectivity index (χ1v) is 12.2. The summed E-state index contributed by atoms with van der Waals surface area (Å²) in [6, 6.07) is 10.7. The molecule has 3 rings (SSSR count). The van der Waals surface area contributed by atoms with Crippen LogP contribution in [0.2, 0.25) is 10.0 Å². The molecule has 1 heterocycles. The molecule has 2 aromatic carbocycles. The van der Waals surface area contributed by atoms with E-state index in [0.29, 0.717) is 17.1 Å². The van der Waals surface area contributed by atoms with Gasteiger partial charge in [0.15, 0.2) is 0 Å². The molecule has 0 spiro atoms. The fourth-order valence-electron chi connectivity index (χ4n) is 3.08. The lowest BCUT2D eigenvalue weighted by atomic mass is 10.1. The minimum atomic E-state index is -3.84. The molecule has 0 bridgehead atoms. The average molecular weight is 495 g/mol. The maximum atomic E-state index is 12.5. The summed E-state index contributed by atoms with van der Waals surface area (Å²) in [5, 5.41) is 3.69. The summed E-state index contributed by atoms with van der Waals surface area (Å²) in [5.74, 6) is 0.650. The Kier molecular flexibility index (Phi) is 7.95. The van der Waals surface area contributed by atoms with Crippen molar-refractivity contribution in [3.63, 3.8) is 0 Å². The monoisotopic (exact) mass is 494 g/mol. The number of nitrogens with one attached hydrogen (secondary N) is 2. The van der Waals surface area contributed by atoms with Crippen LogP contribution in [0, 0.1) is 6.92 Å². The molecule has 2 aromatic rings. The van der Waals surface area contributed by atoms with E-state index in [-0.39, 0.29) is 22.4 Å². The van der Waals surface area contributed by atoms with E-state index in [2.05, 4.69) is 15.0 Å². The molecule has 0 atom stereocenters. The van der Waals surface area contributed by atoms with E-state index in [0.717, 1.165) is 30.1 Å². The van der Waals surface area contributed by atoms with Crippen molar-refractivity contribution in [2.75, 3.05) is 26.7 Å². The Bertz CT molecular complexity index is 1160. The summed E-state index contributed by atoms with van der Waals surface area (Å²) in [4.78, 5) is 18.2. The Labute approximate surface area is 198 Å². The zero-order valence-corrected chi connectivity index (χ0v) is 20.1. The molecule has 1 amide bonds. The van der Waals surface area contributed by atoms with Gasteiger partial charge in [-0.1, -0.05) is 53.5 Å². The van der Waals surface area contributed by atoms with E-state index in [9.17, 15) is 13.2 Å². The molecular weight excluding hydrogens is 471 g/mol. The quantitative estimate of drug-likeness (QED) is 0.551. The van der Waals surface area contributed by atoms with Gasteiger partial charge in [0.05, 0.1) is 11.6 Å². The summed E-state index contributed by atoms with van der Waals surface area (Å²) in [6.45, 7) is 3.65. The number of benzene rings is 2. The van der Waals surface area contributed by atoms with Gasteiger partial charge in [-0.15, -0.1) is 0 Å². The normalized spacial score (nSPS) is 13.8. The van der Waals surface area contributed by atoms with Gasteiger partial charge < -0.3 is 10.2 Å². The molecule has 1 aliphatic rings. The summed E-state index contributed by atoms with van der Waals surface area (Å²) >= 11 is 12.1. The van der Waals surface area contributed by atoms with Gasteiger partial charge in [0.25, 0.3) is 0 Å². The van der Waals surface area contributed by atoms with Crippen molar-refractivity contribution in [1.29, 1.82) is 0 Å². The summed E-state index contributed by atoms with van der Waals surface area (Å²) < 4.78 is 27.4. The number of hydrogen-bond acceptors (Lipinski definition) is 5. The van der Waals surface area contributed by atoms with Crippen LogP contribution in [0.4, 0.5) is 0 Å². The molecule has 0 saturated heterocycles. The number of amidine groups is 1. The van der Waals surface area contributed by atoms with Crippen LogP contribution < -0.4 is 10.0 Å². The number of halogens is 2. The molecular formula is C22H24Cl2N4O3S. The van der Waals surface area contributed by atoms with Crippen LogP contribution in [-0.4, -0.2) is 51.7 Å². The number of amides is 1. The summed E-state index contributed by atoms with van der Waals surface area (Å²) in [5.41, 5.74) is 2.48. The van der Waals surface area contributed by atoms with Gasteiger partial charge in [-0.25, -0.2) is 13.1 Å². The Hall–Kier alpha value is -2.39. The molecule has 0 saturated carbocycles. The maximum Gasteiger partial charge on any atom is 0.246 e. The molecule has 32 heavy (non-hydrogen) atoms. The lowest BCUT2D eigenvalue weighted by Crippen LogP contribution is -2.26. The van der Waals surface area contributed by atoms with Crippen LogP contribution in [-0.2, 0) is 21.4 Å². The first-order chi connectivity index (χ1) is 15.2. The van der Waals surface area contributed by atoms with Crippen LogP contribution in [0.15, 0.2) is 58.4 Å². The van der Waals surface area contributed by atoms with Crippen LogP contribution in [0.3, 0.4) is 0 Å². The predicted molar refractivity (Wildman–Crippen MR) is 128 cm³/mol. The van der Waals surface area contributed by atoms with Gasteiger partial charge in [0.2, 0.25) is 15.9 Å². The van der Waals surface area contributed by atoms with Gasteiger partial charge in [0.1, 0.15) is 10.7 Å². The second kappa shape index (κ2) is 10.5. The van der Waals surface area contributed by atoms with Gasteiger partial charge in [-0.2, -0.15) is 0 Å². The van der Waals surface area contributed by atoms with Crippen molar-refractivity contribution in [1.82, 2.24) is 14.9 Å². The zero-order valence-electron chi connectivity index (χ0n) is 17.7. The third-order valence-electron chi connectivity index (χ3n) is 4.92. The zero-order chi connectivity index (χ0) is 23.3. The minimum absolute atomic E-state index is 0.0519. The topological polar surface area (TPSA) is 90.9 Å². The lowest BCUT2D eigenvalue weighted by Gasteiger charge is -2.15. The highest BCUT2D eigenvalue weighted by Crippen LogP contribution is 2.30. The van der Waals surface area contributed by atoms with Crippen molar-refractivity contribution < 1.29 is 13.2 Å². The number of likely N-dealkylation sites (N-methyl/N-ethyl adjacent to an activating group) is 1. The number of nitrogens with zero attached hydrogens (tertiary/aromatic N) is 2. The van der Waals surface area contributed by atoms with E-state index in [4.69, 9.17) is 23.2 Å². The van der Waals surface area contributed by atoms with E-state index < -0.39 is 10.0 Å². The fourth-order valence-corrected chi connectivity index (χ4v) is 4.86. The number of rotatable bonds is 8. The second-order valence-electron chi connectivity index (χ2n) is 7.29. The molecule has 7 nitrogen and oxygen atoms in total. The van der Waals surface area contributed by atoms with Gasteiger partial charge >= 0.3 is 0 Å². The average Bonchev–Trinajstić information content (AvgIpc) is 3.30. The highest BCUT2D eigenvalue weighted by Gasteiger charge is 2.19. The van der Waals surface area contributed by atoms with Crippen molar-refractivity contribution in [2.24, 2.45) is 4.99 Å². The SMILES string of the molecule is Cc1c(Cl)ccc(S(=O)(=O)NCC=CC(=O)N(C)Cc2ccc(C3=NCCN3)cc2)c1Cl. The molecule has 0 aliphatic carbocycles. The Morgan fingerprint density at radius 2 is 1.94 bits per heavy atom. The summed E-state index contributed by atoms with van der Waals surface area (Å²) in [7, 11) is -2.16. The number of sulfonamides is 1. The fraction of sp³-hybridized carbons (Fsp3) is 0.273. The molecule has 2 N–H and O–H groups in total. The predicted octanol–water partition coefficient (Wildman–Crippen LogP) is 3.14. The van der Waals surface area contributed by atoms with Crippen molar-refractivity contribution in [3.05, 3.63) is 75.3 Å². The first kappa shape index (κ1) is 24.3. The van der Waals surface area contributed by atoms with Gasteiger partial charge in [-0.3, -0.25) is 9.79 Å². The molecule has 0 unspecified atom stereocenters. The second-order valence-corrected chi connectivity index (χ2v) is 9.81. The van der Waals surface area contributed by atoms with E-state index in [1.54, 1.807) is 18.9 Å². The maximum absolute atomic E-state index is 12.5. The molecule has 0 radical (unpaired) electrons. The van der Waals surface area contributed by atoms with E-state index >= 15 is 0 Å². The summed E-state index contributed by atoms with van der Waals surface area (Å²) in [6.07, 6.45) is 2.79. The van der Waals surface area contributed by atoms with Crippen LogP contribution >= 0.6 is 23.2 Å². The van der Waals surface area contributed by atoms with Crippen molar-refractivity contribution in [3.8, 4) is 0 Å². The highest BCUT2D eigenvalue weighted by molar-refractivity contribution is 7.89. The Morgan fingerprint density at radius 1 is 1.22 bits per heavy atom. The lowest BCUT2D eigenvalue weighted by molar-refractivity contribution is -0.125. The van der Waals surface area contributed by atoms with Crippen LogP contribution in [0.25, 0.3) is 0 Å². The molecule has 10 heteroatoms. The smallest absolute Gasteiger partial charge is 0.246 e. The molecule has 0 aromatic heterocycles. The Balaban J connectivity index is 1.53. The van der Waals surface area contributed by atoms with Gasteiger partial charge in [-0.05, 0) is 30.2 Å². The Morgan fingerprint density at radius 3 is 2.59 bits per heavy atom. The standard InChI is InChI=1S/C22H24Cl2N4O3S/c1-15-18(23)9-10-19(21(15)24)32(30,31)27-11-3-4-20(29)28(2)14-16-5-7-17(8-6-16)22-25-12-13-26-22/h3-10,27H,11-14H2,1-2H3,(H,25,26). The number of aliphatic imine (C=N–C) groups is 1. The number of carbonyl (C=O) groups excluding carboxylic acids is 1. The van der Waals surface area contributed by atoms with Gasteiger partial charge in [0, 0.05) is 43.3 Å². The van der Waals surface area contributed by atoms with E-state index in [1.165, 1.54) is 24.3 Å². The van der Waals surface area contributed by atoms with Crippen LogP contribution in [0.1, 0.15) is 16.7 Å². The van der Waals surface area contributed by atoms with Crippen molar-refractivity contribution >= 4 is 45.0 Å². The molecule has 170 valence electrons. The third-order valence-corrected chi connectivity index (χ3v) is 7.40. The number of carbonyl (C=O) groups is 1. The van der Waals surface area contributed by atoms with E-state index in [1.807, 2.05) is 24.3 Å². The molecule has 1 aliphatic heterocycles. The third kappa shape index (κ3) is 5.89. The minimum Gasteiger partial charge on any atom is -0.368 e. The first-order valence-electron chi connectivity index (χ1n) is 9.92.